The van der Waals surface area contributed by atoms with Crippen LogP contribution in [0.5, 0.6) is 11.5 Å². The normalized spacial score (nSPS) is 11.6. The second-order valence-electron chi connectivity index (χ2n) is 5.62. The lowest BCUT2D eigenvalue weighted by molar-refractivity contribution is 0.396. The molecule has 27 heavy (non-hydrogen) atoms. The van der Waals surface area contributed by atoms with Crippen LogP contribution in [0.2, 0.25) is 5.02 Å². The fourth-order valence-corrected chi connectivity index (χ4v) is 5.00. The highest BCUT2D eigenvalue weighted by atomic mass is 35.5. The maximum absolute atomic E-state index is 12.9. The molecule has 2 aromatic heterocycles. The Kier molecular flexibility index (Phi) is 5.06. The van der Waals surface area contributed by atoms with Crippen LogP contribution in [0.25, 0.3) is 4.96 Å². The van der Waals surface area contributed by atoms with Gasteiger partial charge in [0.25, 0.3) is 15.6 Å². The molecule has 11 heteroatoms. The molecule has 1 aromatic carbocycles. The Morgan fingerprint density at radius 3 is 2.48 bits per heavy atom. The lowest BCUT2D eigenvalue weighted by Crippen LogP contribution is -2.27. The number of aryl methyl sites for hydroxylation is 2. The van der Waals surface area contributed by atoms with Crippen molar-refractivity contribution in [1.29, 1.82) is 0 Å². The summed E-state index contributed by atoms with van der Waals surface area (Å²) in [6, 6.07) is 2.80. The predicted octanol–water partition coefficient (Wildman–Crippen LogP) is 2.84. The van der Waals surface area contributed by atoms with Gasteiger partial charge in [0, 0.05) is 17.1 Å². The molecule has 3 aromatic rings. The van der Waals surface area contributed by atoms with Crippen LogP contribution < -0.4 is 19.8 Å². The molecule has 1 N–H and O–H groups in total. The maximum Gasteiger partial charge on any atom is 0.279 e. The van der Waals surface area contributed by atoms with Crippen LogP contribution in [-0.4, -0.2) is 32.0 Å². The van der Waals surface area contributed by atoms with Gasteiger partial charge in [-0.3, -0.25) is 13.9 Å². The first-order valence-electron chi connectivity index (χ1n) is 7.61. The van der Waals surface area contributed by atoms with E-state index in [2.05, 4.69) is 9.71 Å². The van der Waals surface area contributed by atoms with Crippen LogP contribution in [0.3, 0.4) is 0 Å². The number of rotatable bonds is 5. The molecule has 8 nitrogen and oxygen atoms in total. The minimum atomic E-state index is -4.25. The monoisotopic (exact) mass is 429 g/mol. The van der Waals surface area contributed by atoms with Gasteiger partial charge >= 0.3 is 0 Å². The van der Waals surface area contributed by atoms with Gasteiger partial charge in [0.05, 0.1) is 30.6 Å². The zero-order valence-electron chi connectivity index (χ0n) is 14.9. The Morgan fingerprint density at radius 2 is 1.85 bits per heavy atom. The van der Waals surface area contributed by atoms with Gasteiger partial charge in [-0.2, -0.15) is 0 Å². The minimum absolute atomic E-state index is 0.0775. The summed E-state index contributed by atoms with van der Waals surface area (Å²) in [6.45, 7) is 3.29. The summed E-state index contributed by atoms with van der Waals surface area (Å²) in [5.74, 6) is 0.516. The second kappa shape index (κ2) is 7.02. The van der Waals surface area contributed by atoms with Crippen molar-refractivity contribution >= 4 is 43.6 Å². The van der Waals surface area contributed by atoms with Crippen molar-refractivity contribution in [1.82, 2.24) is 9.38 Å². The fraction of sp³-hybridized carbons (Fsp3) is 0.250. The van der Waals surface area contributed by atoms with Gasteiger partial charge in [-0.1, -0.05) is 11.6 Å². The SMILES string of the molecule is COc1cc(OC)c(NS(=O)(=O)c2c(C)nc3sc(C)cn3c2=O)cc1Cl. The van der Waals surface area contributed by atoms with Crippen molar-refractivity contribution in [2.45, 2.75) is 18.7 Å². The Labute approximate surface area is 164 Å². The highest BCUT2D eigenvalue weighted by molar-refractivity contribution is 7.92. The molecule has 0 atom stereocenters. The Balaban J connectivity index is 2.15. The molecule has 0 saturated carbocycles. The van der Waals surface area contributed by atoms with E-state index < -0.39 is 20.5 Å². The Hall–Kier alpha value is -2.30. The molecule has 0 aliphatic carbocycles. The average Bonchev–Trinajstić information content (AvgIpc) is 2.95. The van der Waals surface area contributed by atoms with Gasteiger partial charge in [0.2, 0.25) is 0 Å². The number of thiazole rings is 1. The van der Waals surface area contributed by atoms with Crippen LogP contribution in [-0.2, 0) is 10.0 Å². The van der Waals surface area contributed by atoms with E-state index in [4.69, 9.17) is 21.1 Å². The van der Waals surface area contributed by atoms with Crippen LogP contribution in [0.15, 0.2) is 28.0 Å². The van der Waals surface area contributed by atoms with E-state index in [0.717, 1.165) is 4.88 Å². The van der Waals surface area contributed by atoms with Gasteiger partial charge < -0.3 is 9.47 Å². The number of benzene rings is 1. The number of fused-ring (bicyclic) bond motifs is 1. The number of halogens is 1. The van der Waals surface area contributed by atoms with Crippen molar-refractivity contribution in [3.8, 4) is 11.5 Å². The zero-order chi connectivity index (χ0) is 19.9. The molecule has 0 unspecified atom stereocenters. The Bertz CT molecular complexity index is 1200. The molecule has 0 radical (unpaired) electrons. The predicted molar refractivity (Wildman–Crippen MR) is 104 cm³/mol. The number of ether oxygens (including phenoxy) is 2. The summed E-state index contributed by atoms with van der Waals surface area (Å²) in [7, 11) is -1.44. The summed E-state index contributed by atoms with van der Waals surface area (Å²) in [5.41, 5.74) is -0.491. The van der Waals surface area contributed by atoms with Crippen molar-refractivity contribution < 1.29 is 17.9 Å². The second-order valence-corrected chi connectivity index (χ2v) is 8.86. The van der Waals surface area contributed by atoms with E-state index in [0.29, 0.717) is 10.7 Å². The minimum Gasteiger partial charge on any atom is -0.495 e. The van der Waals surface area contributed by atoms with Crippen molar-refractivity contribution in [2.24, 2.45) is 0 Å². The zero-order valence-corrected chi connectivity index (χ0v) is 17.3. The number of methoxy groups -OCH3 is 2. The van der Waals surface area contributed by atoms with Gasteiger partial charge in [0.1, 0.15) is 11.5 Å². The first kappa shape index (κ1) is 19.5. The standard InChI is InChI=1S/C16H16ClN3O5S2/c1-8-7-20-15(21)14(9(2)18-16(20)26-8)27(22,23)19-11-5-10(17)12(24-3)6-13(11)25-4/h5-7,19H,1-4H3. The maximum atomic E-state index is 12.9. The number of nitrogens with zero attached hydrogens (tertiary/aromatic N) is 2. The summed E-state index contributed by atoms with van der Waals surface area (Å²) >= 11 is 7.39. The molecule has 0 spiro atoms. The molecule has 0 saturated heterocycles. The van der Waals surface area contributed by atoms with E-state index in [9.17, 15) is 13.2 Å². The molecule has 0 fully saturated rings. The van der Waals surface area contributed by atoms with Gasteiger partial charge in [-0.05, 0) is 19.9 Å². The highest BCUT2D eigenvalue weighted by Crippen LogP contribution is 2.36. The smallest absolute Gasteiger partial charge is 0.279 e. The van der Waals surface area contributed by atoms with Gasteiger partial charge in [-0.15, -0.1) is 11.3 Å². The number of aromatic nitrogens is 2. The molecule has 0 aliphatic heterocycles. The lowest BCUT2D eigenvalue weighted by atomic mass is 10.3. The number of hydrogen-bond donors (Lipinski definition) is 1. The van der Waals surface area contributed by atoms with Crippen LogP contribution in [0.4, 0.5) is 5.69 Å². The van der Waals surface area contributed by atoms with E-state index in [1.165, 1.54) is 49.0 Å². The molecule has 144 valence electrons. The average molecular weight is 430 g/mol. The summed E-state index contributed by atoms with van der Waals surface area (Å²) in [5, 5.41) is 0.187. The summed E-state index contributed by atoms with van der Waals surface area (Å²) in [4.78, 5) is 17.8. The molecule has 0 bridgehead atoms. The third-order valence-electron chi connectivity index (χ3n) is 3.76. The first-order valence-corrected chi connectivity index (χ1v) is 10.3. The number of anilines is 1. The number of hydrogen-bond acceptors (Lipinski definition) is 7. The molecule has 2 heterocycles. The lowest BCUT2D eigenvalue weighted by Gasteiger charge is -2.14. The first-order chi connectivity index (χ1) is 12.7. The van der Waals surface area contributed by atoms with E-state index in [-0.39, 0.29) is 22.2 Å². The van der Waals surface area contributed by atoms with Gasteiger partial charge in [0.15, 0.2) is 9.86 Å². The molecular formula is C16H16ClN3O5S2. The highest BCUT2D eigenvalue weighted by Gasteiger charge is 2.26. The number of sulfonamides is 1. The van der Waals surface area contributed by atoms with Crippen LogP contribution in [0, 0.1) is 13.8 Å². The number of nitrogens with one attached hydrogen (secondary N) is 1. The fourth-order valence-electron chi connectivity index (χ4n) is 2.58. The molecule has 0 aliphatic rings. The van der Waals surface area contributed by atoms with Crippen molar-refractivity contribution in [3.05, 3.63) is 44.3 Å². The van der Waals surface area contributed by atoms with E-state index in [1.807, 2.05) is 6.92 Å². The molecule has 0 amide bonds. The third-order valence-corrected chi connectivity index (χ3v) is 6.45. The van der Waals surface area contributed by atoms with Crippen LogP contribution >= 0.6 is 22.9 Å². The van der Waals surface area contributed by atoms with E-state index >= 15 is 0 Å². The summed E-state index contributed by atoms with van der Waals surface area (Å²) in [6.07, 6.45) is 1.55. The Morgan fingerprint density at radius 1 is 1.19 bits per heavy atom. The van der Waals surface area contributed by atoms with E-state index in [1.54, 1.807) is 6.20 Å². The van der Waals surface area contributed by atoms with Crippen molar-refractivity contribution in [3.63, 3.8) is 0 Å². The summed E-state index contributed by atoms with van der Waals surface area (Å²) < 4.78 is 39.7. The topological polar surface area (TPSA) is 99.0 Å². The largest absolute Gasteiger partial charge is 0.495 e. The molecular weight excluding hydrogens is 414 g/mol. The quantitative estimate of drug-likeness (QED) is 0.669. The van der Waals surface area contributed by atoms with Crippen LogP contribution in [0.1, 0.15) is 10.6 Å². The molecule has 3 rings (SSSR count). The third kappa shape index (κ3) is 3.47. The van der Waals surface area contributed by atoms with Gasteiger partial charge in [-0.25, -0.2) is 13.4 Å². The van der Waals surface area contributed by atoms with Crippen molar-refractivity contribution in [2.75, 3.05) is 18.9 Å².